The number of carboxylic acid groups (broad SMARTS) is 1. The van der Waals surface area contributed by atoms with E-state index in [0.717, 1.165) is 18.2 Å². The lowest BCUT2D eigenvalue weighted by Crippen LogP contribution is -2.46. The zero-order valence-electron chi connectivity index (χ0n) is 9.85. The number of aliphatic hydroxyl groups is 1. The molecule has 0 bridgehead atoms. The predicted molar refractivity (Wildman–Crippen MR) is 60.6 cm³/mol. The van der Waals surface area contributed by atoms with Gasteiger partial charge in [0.05, 0.1) is 18.8 Å². The summed E-state index contributed by atoms with van der Waals surface area (Å²) in [6, 6.07) is 2.05. The number of amides is 1. The van der Waals surface area contributed by atoms with E-state index in [1.807, 2.05) is 0 Å². The molecule has 3 atom stereocenters. The molecule has 0 spiro atoms. The van der Waals surface area contributed by atoms with Crippen LogP contribution in [-0.4, -0.2) is 35.1 Å². The maximum atomic E-state index is 13.7. The van der Waals surface area contributed by atoms with E-state index in [9.17, 15) is 18.7 Å². The van der Waals surface area contributed by atoms with Crippen LogP contribution >= 0.6 is 0 Å². The summed E-state index contributed by atoms with van der Waals surface area (Å²) in [4.78, 5) is 10.7. The predicted octanol–water partition coefficient (Wildman–Crippen LogP) is 1.42. The molecule has 1 amide bonds. The smallest absolute Gasteiger partial charge is 0.404 e. The fraction of sp³-hybridized carbons (Fsp3) is 0.417. The highest BCUT2D eigenvalue weighted by molar-refractivity contribution is 5.65. The molecule has 1 aliphatic heterocycles. The third kappa shape index (κ3) is 3.18. The van der Waals surface area contributed by atoms with Crippen molar-refractivity contribution in [3.8, 4) is 0 Å². The first-order valence-electron chi connectivity index (χ1n) is 5.71. The lowest BCUT2D eigenvalue weighted by Gasteiger charge is -2.34. The molecule has 0 aromatic heterocycles. The van der Waals surface area contributed by atoms with Gasteiger partial charge in [-0.1, -0.05) is 0 Å². The van der Waals surface area contributed by atoms with Crippen LogP contribution < -0.4 is 5.32 Å². The topological polar surface area (TPSA) is 78.8 Å². The Bertz CT molecular complexity index is 483. The highest BCUT2D eigenvalue weighted by atomic mass is 19.1. The van der Waals surface area contributed by atoms with Crippen molar-refractivity contribution in [3.05, 3.63) is 35.4 Å². The quantitative estimate of drug-likeness (QED) is 0.761. The van der Waals surface area contributed by atoms with Gasteiger partial charge in [-0.3, -0.25) is 0 Å². The van der Waals surface area contributed by atoms with Crippen LogP contribution in [0.2, 0.25) is 0 Å². The van der Waals surface area contributed by atoms with Crippen LogP contribution in [0.25, 0.3) is 0 Å². The van der Waals surface area contributed by atoms with Crippen molar-refractivity contribution in [2.24, 2.45) is 0 Å². The molecule has 0 saturated carbocycles. The maximum absolute atomic E-state index is 13.7. The molecule has 5 nitrogen and oxygen atoms in total. The van der Waals surface area contributed by atoms with E-state index in [4.69, 9.17) is 9.84 Å². The zero-order chi connectivity index (χ0) is 14.0. The van der Waals surface area contributed by atoms with Gasteiger partial charge in [0, 0.05) is 5.56 Å². The number of benzene rings is 1. The summed E-state index contributed by atoms with van der Waals surface area (Å²) in [5.41, 5.74) is -0.0642. The van der Waals surface area contributed by atoms with E-state index in [1.54, 1.807) is 0 Å². The SMILES string of the molecule is O=C(O)NC1CC(O)COC1c1cc(F)ccc1F. The molecule has 7 heteroatoms. The minimum atomic E-state index is -1.32. The molecule has 1 aliphatic rings. The summed E-state index contributed by atoms with van der Waals surface area (Å²) < 4.78 is 32.1. The standard InChI is InChI=1S/C12H13F2NO4/c13-6-1-2-9(14)8(3-6)11-10(15-12(17)18)4-7(16)5-19-11/h1-3,7,10-11,15-16H,4-5H2,(H,17,18). The summed E-state index contributed by atoms with van der Waals surface area (Å²) >= 11 is 0. The Kier molecular flexibility index (Phi) is 3.96. The van der Waals surface area contributed by atoms with Crippen LogP contribution in [0.5, 0.6) is 0 Å². The van der Waals surface area contributed by atoms with Gasteiger partial charge in [-0.15, -0.1) is 0 Å². The summed E-state index contributed by atoms with van der Waals surface area (Å²) in [6.07, 6.45) is -3.04. The summed E-state index contributed by atoms with van der Waals surface area (Å²) in [5.74, 6) is -1.32. The van der Waals surface area contributed by atoms with Gasteiger partial charge in [-0.2, -0.15) is 0 Å². The molecule has 1 fully saturated rings. The van der Waals surface area contributed by atoms with E-state index >= 15 is 0 Å². The van der Waals surface area contributed by atoms with Crippen LogP contribution in [0.15, 0.2) is 18.2 Å². The second-order valence-electron chi connectivity index (χ2n) is 4.37. The molecule has 0 aliphatic carbocycles. The fourth-order valence-electron chi connectivity index (χ4n) is 2.15. The summed E-state index contributed by atoms with van der Waals surface area (Å²) in [6.45, 7) is -0.0571. The molecule has 1 heterocycles. The van der Waals surface area contributed by atoms with Gasteiger partial charge in [-0.05, 0) is 24.6 Å². The van der Waals surface area contributed by atoms with Crippen molar-refractivity contribution < 1.29 is 28.5 Å². The Morgan fingerprint density at radius 3 is 2.84 bits per heavy atom. The molecular weight excluding hydrogens is 260 g/mol. The van der Waals surface area contributed by atoms with Crippen molar-refractivity contribution in [2.75, 3.05) is 6.61 Å². The molecule has 1 aromatic rings. The number of nitrogens with one attached hydrogen (secondary N) is 1. The fourth-order valence-corrected chi connectivity index (χ4v) is 2.15. The van der Waals surface area contributed by atoms with Gasteiger partial charge in [0.2, 0.25) is 0 Å². The molecule has 1 aromatic carbocycles. The number of rotatable bonds is 2. The van der Waals surface area contributed by atoms with Crippen molar-refractivity contribution in [2.45, 2.75) is 24.7 Å². The average molecular weight is 273 g/mol. The Hall–Kier alpha value is -1.73. The maximum Gasteiger partial charge on any atom is 0.404 e. The summed E-state index contributed by atoms with van der Waals surface area (Å²) in [7, 11) is 0. The molecule has 104 valence electrons. The largest absolute Gasteiger partial charge is 0.465 e. The van der Waals surface area contributed by atoms with Gasteiger partial charge >= 0.3 is 6.09 Å². The van der Waals surface area contributed by atoms with Crippen molar-refractivity contribution in [3.63, 3.8) is 0 Å². The number of aliphatic hydroxyl groups excluding tert-OH is 1. The first kappa shape index (κ1) is 13.7. The average Bonchev–Trinajstić information content (AvgIpc) is 2.32. The van der Waals surface area contributed by atoms with Crippen LogP contribution in [0, 0.1) is 11.6 Å². The van der Waals surface area contributed by atoms with Crippen LogP contribution in [0.4, 0.5) is 13.6 Å². The lowest BCUT2D eigenvalue weighted by molar-refractivity contribution is -0.0759. The highest BCUT2D eigenvalue weighted by Crippen LogP contribution is 2.30. The number of hydrogen-bond acceptors (Lipinski definition) is 3. The molecule has 0 radical (unpaired) electrons. The Morgan fingerprint density at radius 2 is 2.16 bits per heavy atom. The van der Waals surface area contributed by atoms with Gasteiger partial charge in [0.1, 0.15) is 17.7 Å². The van der Waals surface area contributed by atoms with Crippen molar-refractivity contribution in [1.29, 1.82) is 0 Å². The van der Waals surface area contributed by atoms with E-state index in [1.165, 1.54) is 0 Å². The normalized spacial score (nSPS) is 27.0. The van der Waals surface area contributed by atoms with Crippen LogP contribution in [0.3, 0.4) is 0 Å². The monoisotopic (exact) mass is 273 g/mol. The van der Waals surface area contributed by atoms with Crippen molar-refractivity contribution >= 4 is 6.09 Å². The van der Waals surface area contributed by atoms with Gasteiger partial charge in [0.15, 0.2) is 0 Å². The van der Waals surface area contributed by atoms with Crippen LogP contribution in [0.1, 0.15) is 18.1 Å². The van der Waals surface area contributed by atoms with Crippen LogP contribution in [-0.2, 0) is 4.74 Å². The Morgan fingerprint density at radius 1 is 1.42 bits per heavy atom. The Labute approximate surface area is 107 Å². The third-order valence-corrected chi connectivity index (χ3v) is 2.93. The van der Waals surface area contributed by atoms with Gasteiger partial charge in [0.25, 0.3) is 0 Å². The lowest BCUT2D eigenvalue weighted by atomic mass is 9.94. The Balaban J connectivity index is 2.28. The number of carbonyl (C=O) groups is 1. The minimum absolute atomic E-state index is 0.0571. The molecule has 2 rings (SSSR count). The van der Waals surface area contributed by atoms with E-state index in [2.05, 4.69) is 5.32 Å². The second kappa shape index (κ2) is 5.50. The van der Waals surface area contributed by atoms with E-state index < -0.39 is 36.0 Å². The zero-order valence-corrected chi connectivity index (χ0v) is 9.85. The van der Waals surface area contributed by atoms with Gasteiger partial charge < -0.3 is 20.3 Å². The summed E-state index contributed by atoms with van der Waals surface area (Å²) in [5, 5.41) is 20.3. The molecule has 1 saturated heterocycles. The number of hydrogen-bond donors (Lipinski definition) is 3. The van der Waals surface area contributed by atoms with E-state index in [-0.39, 0.29) is 18.6 Å². The molecule has 3 N–H and O–H groups in total. The first-order valence-corrected chi connectivity index (χ1v) is 5.71. The second-order valence-corrected chi connectivity index (χ2v) is 4.37. The van der Waals surface area contributed by atoms with Gasteiger partial charge in [-0.25, -0.2) is 13.6 Å². The number of halogens is 2. The third-order valence-electron chi connectivity index (χ3n) is 2.93. The molecule has 19 heavy (non-hydrogen) atoms. The minimum Gasteiger partial charge on any atom is -0.465 e. The highest BCUT2D eigenvalue weighted by Gasteiger charge is 2.34. The van der Waals surface area contributed by atoms with E-state index in [0.29, 0.717) is 0 Å². The first-order chi connectivity index (χ1) is 8.97. The molecule has 3 unspecified atom stereocenters. The van der Waals surface area contributed by atoms with Crippen molar-refractivity contribution in [1.82, 2.24) is 5.32 Å². The molecular formula is C12H13F2NO4. The number of ether oxygens (including phenoxy) is 1.